The van der Waals surface area contributed by atoms with Crippen LogP contribution in [-0.4, -0.2) is 31.3 Å². The predicted molar refractivity (Wildman–Crippen MR) is 53.1 cm³/mol. The fraction of sp³-hybridized carbons (Fsp3) is 0.875. The van der Waals surface area contributed by atoms with Gasteiger partial charge in [0.25, 0.3) is 0 Å². The first-order valence-corrected chi connectivity index (χ1v) is 6.30. The van der Waals surface area contributed by atoms with E-state index in [0.717, 1.165) is 25.7 Å². The summed E-state index contributed by atoms with van der Waals surface area (Å²) in [6.45, 7) is 2.58. The fourth-order valence-corrected chi connectivity index (χ4v) is 2.60. The summed E-state index contributed by atoms with van der Waals surface area (Å²) < 4.78 is 24.3. The van der Waals surface area contributed by atoms with Crippen molar-refractivity contribution < 1.29 is 8.42 Å². The molecule has 0 unspecified atom stereocenters. The molecule has 0 N–H and O–H groups in total. The maximum Gasteiger partial charge on any atom is 0.249 e. The van der Waals surface area contributed by atoms with E-state index < -0.39 is 10.0 Å². The van der Waals surface area contributed by atoms with Gasteiger partial charge in [0.1, 0.15) is 0 Å². The van der Waals surface area contributed by atoms with Crippen molar-refractivity contribution >= 4 is 16.2 Å². The number of unbranched alkanes of at least 4 members (excludes halogenated alkanes) is 2. The van der Waals surface area contributed by atoms with Crippen LogP contribution in [0.3, 0.4) is 0 Å². The second-order valence-corrected chi connectivity index (χ2v) is 5.15. The molecule has 0 saturated heterocycles. The summed E-state index contributed by atoms with van der Waals surface area (Å²) in [5.41, 5.74) is 0. The van der Waals surface area contributed by atoms with Crippen molar-refractivity contribution in [2.24, 2.45) is 5.10 Å². The molecule has 0 aromatic heterocycles. The summed E-state index contributed by atoms with van der Waals surface area (Å²) >= 11 is 0. The van der Waals surface area contributed by atoms with E-state index in [1.807, 2.05) is 0 Å². The Hall–Kier alpha value is -0.580. The van der Waals surface area contributed by atoms with Crippen molar-refractivity contribution in [3.8, 4) is 0 Å². The Kier molecular flexibility index (Phi) is 3.71. The lowest BCUT2D eigenvalue weighted by Crippen LogP contribution is -2.26. The highest BCUT2D eigenvalue weighted by molar-refractivity contribution is 7.89. The lowest BCUT2D eigenvalue weighted by atomic mass is 10.3. The molecular formula is C8H16N2O2S. The molecule has 0 aromatic rings. The van der Waals surface area contributed by atoms with Crippen LogP contribution in [0, 0.1) is 0 Å². The summed E-state index contributed by atoms with van der Waals surface area (Å²) in [5, 5.41) is 3.81. The van der Waals surface area contributed by atoms with Gasteiger partial charge in [0.05, 0.1) is 12.3 Å². The van der Waals surface area contributed by atoms with Crippen molar-refractivity contribution in [1.29, 1.82) is 0 Å². The minimum absolute atomic E-state index is 0.234. The van der Waals surface area contributed by atoms with Crippen LogP contribution in [0.5, 0.6) is 0 Å². The van der Waals surface area contributed by atoms with Gasteiger partial charge in [0.15, 0.2) is 0 Å². The molecular weight excluding hydrogens is 188 g/mol. The maximum absolute atomic E-state index is 11.5. The molecule has 0 fully saturated rings. The zero-order chi connectivity index (χ0) is 9.73. The highest BCUT2D eigenvalue weighted by Crippen LogP contribution is 2.10. The van der Waals surface area contributed by atoms with Crippen LogP contribution in [-0.2, 0) is 10.0 Å². The van der Waals surface area contributed by atoms with Crippen LogP contribution in [0.1, 0.15) is 32.6 Å². The first-order valence-electron chi connectivity index (χ1n) is 4.69. The number of hydrazone groups is 1. The van der Waals surface area contributed by atoms with Gasteiger partial charge in [-0.1, -0.05) is 19.8 Å². The molecule has 0 radical (unpaired) electrons. The molecule has 0 aromatic carbocycles. The van der Waals surface area contributed by atoms with Crippen molar-refractivity contribution in [2.75, 3.05) is 12.3 Å². The molecule has 13 heavy (non-hydrogen) atoms. The molecule has 5 heteroatoms. The number of hydrogen-bond acceptors (Lipinski definition) is 3. The van der Waals surface area contributed by atoms with E-state index in [1.165, 1.54) is 4.41 Å². The van der Waals surface area contributed by atoms with E-state index in [9.17, 15) is 8.42 Å². The highest BCUT2D eigenvalue weighted by atomic mass is 32.2. The Balaban J connectivity index is 2.41. The molecule has 1 aliphatic heterocycles. The summed E-state index contributed by atoms with van der Waals surface area (Å²) in [6.07, 6.45) is 5.14. The summed E-state index contributed by atoms with van der Waals surface area (Å²) in [5.74, 6) is 0.234. The Labute approximate surface area is 79.7 Å². The second kappa shape index (κ2) is 4.60. The molecule has 1 aliphatic rings. The molecule has 4 nitrogen and oxygen atoms in total. The van der Waals surface area contributed by atoms with E-state index in [1.54, 1.807) is 6.21 Å². The highest BCUT2D eigenvalue weighted by Gasteiger charge is 2.21. The molecule has 76 valence electrons. The van der Waals surface area contributed by atoms with E-state index in [4.69, 9.17) is 0 Å². The second-order valence-electron chi connectivity index (χ2n) is 3.16. The molecule has 0 atom stereocenters. The lowest BCUT2D eigenvalue weighted by molar-refractivity contribution is 0.458. The average molecular weight is 204 g/mol. The molecule has 1 rings (SSSR count). The van der Waals surface area contributed by atoms with Gasteiger partial charge in [-0.25, -0.2) is 8.42 Å². The smallest absolute Gasteiger partial charge is 0.205 e. The van der Waals surface area contributed by atoms with Gasteiger partial charge < -0.3 is 0 Å². The van der Waals surface area contributed by atoms with E-state index >= 15 is 0 Å². The van der Waals surface area contributed by atoms with Gasteiger partial charge in [0, 0.05) is 12.6 Å². The number of hydrogen-bond donors (Lipinski definition) is 0. The third-order valence-electron chi connectivity index (χ3n) is 1.99. The zero-order valence-corrected chi connectivity index (χ0v) is 8.76. The van der Waals surface area contributed by atoms with Gasteiger partial charge in [-0.2, -0.15) is 9.52 Å². The van der Waals surface area contributed by atoms with Gasteiger partial charge in [-0.15, -0.1) is 0 Å². The zero-order valence-electron chi connectivity index (χ0n) is 7.94. The Morgan fingerprint density at radius 2 is 2.23 bits per heavy atom. The van der Waals surface area contributed by atoms with Crippen LogP contribution in [0.2, 0.25) is 0 Å². The summed E-state index contributed by atoms with van der Waals surface area (Å²) in [7, 11) is -3.10. The van der Waals surface area contributed by atoms with Crippen LogP contribution in [0.15, 0.2) is 5.10 Å². The maximum atomic E-state index is 11.5. The monoisotopic (exact) mass is 204 g/mol. The Bertz CT molecular complexity index is 272. The third-order valence-corrected chi connectivity index (χ3v) is 3.71. The average Bonchev–Trinajstić information content (AvgIpc) is 2.56. The van der Waals surface area contributed by atoms with Crippen molar-refractivity contribution in [3.05, 3.63) is 0 Å². The van der Waals surface area contributed by atoms with Gasteiger partial charge in [-0.3, -0.25) is 0 Å². The minimum Gasteiger partial charge on any atom is -0.205 e. The van der Waals surface area contributed by atoms with E-state index in [-0.39, 0.29) is 5.75 Å². The largest absolute Gasteiger partial charge is 0.249 e. The van der Waals surface area contributed by atoms with Gasteiger partial charge in [0.2, 0.25) is 10.0 Å². The van der Waals surface area contributed by atoms with Crippen molar-refractivity contribution in [2.45, 2.75) is 32.6 Å². The van der Waals surface area contributed by atoms with Crippen LogP contribution in [0.4, 0.5) is 0 Å². The molecule has 0 bridgehead atoms. The van der Waals surface area contributed by atoms with Crippen LogP contribution >= 0.6 is 0 Å². The first-order chi connectivity index (χ1) is 6.17. The van der Waals surface area contributed by atoms with E-state index in [2.05, 4.69) is 12.0 Å². The number of nitrogens with zero attached hydrogens (tertiary/aromatic N) is 2. The number of sulfonamides is 1. The van der Waals surface area contributed by atoms with Gasteiger partial charge >= 0.3 is 0 Å². The Morgan fingerprint density at radius 1 is 1.46 bits per heavy atom. The quantitative estimate of drug-likeness (QED) is 0.632. The fourth-order valence-electron chi connectivity index (χ4n) is 1.23. The first kappa shape index (κ1) is 10.5. The van der Waals surface area contributed by atoms with Crippen LogP contribution in [0.25, 0.3) is 0 Å². The number of rotatable bonds is 5. The van der Waals surface area contributed by atoms with E-state index in [0.29, 0.717) is 6.54 Å². The predicted octanol–water partition coefficient (Wildman–Crippen LogP) is 1.20. The van der Waals surface area contributed by atoms with Crippen LogP contribution < -0.4 is 0 Å². The standard InChI is InChI=1S/C8H16N2O2S/c1-2-3-4-8-13(11,12)10-7-5-6-9-10/h6H,2-5,7-8H2,1H3. The molecule has 1 heterocycles. The molecule has 0 aliphatic carbocycles. The van der Waals surface area contributed by atoms with Crippen molar-refractivity contribution in [3.63, 3.8) is 0 Å². The summed E-state index contributed by atoms with van der Waals surface area (Å²) in [6, 6.07) is 0. The lowest BCUT2D eigenvalue weighted by Gasteiger charge is -2.13. The van der Waals surface area contributed by atoms with Gasteiger partial charge in [-0.05, 0) is 6.42 Å². The van der Waals surface area contributed by atoms with Crippen molar-refractivity contribution in [1.82, 2.24) is 4.41 Å². The molecule has 0 amide bonds. The summed E-state index contributed by atoms with van der Waals surface area (Å²) in [4.78, 5) is 0. The normalized spacial score (nSPS) is 16.8. The third kappa shape index (κ3) is 2.99. The SMILES string of the molecule is CCCCCS(=O)(=O)N1CCC=N1. The minimum atomic E-state index is -3.10. The molecule has 0 saturated carbocycles. The Morgan fingerprint density at radius 3 is 2.77 bits per heavy atom. The molecule has 0 spiro atoms. The topological polar surface area (TPSA) is 49.7 Å².